The molecule has 0 unspecified atom stereocenters. The van der Waals surface area contributed by atoms with Crippen molar-refractivity contribution in [3.05, 3.63) is 23.8 Å². The van der Waals surface area contributed by atoms with Crippen LogP contribution < -0.4 is 16.2 Å². The van der Waals surface area contributed by atoms with Crippen LogP contribution in [0.25, 0.3) is 11.0 Å². The molecule has 0 spiro atoms. The van der Waals surface area contributed by atoms with E-state index < -0.39 is 0 Å². The Labute approximate surface area is 130 Å². The minimum Gasteiger partial charge on any atom is -0.354 e. The first kappa shape index (κ1) is 16.4. The van der Waals surface area contributed by atoms with Crippen LogP contribution in [-0.4, -0.2) is 48.2 Å². The summed E-state index contributed by atoms with van der Waals surface area (Å²) in [5.74, 6) is -0.384. The summed E-state index contributed by atoms with van der Waals surface area (Å²) >= 11 is 0. The lowest BCUT2D eigenvalue weighted by molar-refractivity contribution is -0.125. The molecule has 1 aromatic heterocycles. The molecule has 2 rings (SSSR count). The van der Waals surface area contributed by atoms with Crippen LogP contribution in [0.15, 0.2) is 18.2 Å². The maximum absolute atomic E-state index is 11.5. The SMILES string of the molecule is CC(=O)NCC(=O)NCCc1ccc2nc(P(C)C)[nH]c2c1. The summed E-state index contributed by atoms with van der Waals surface area (Å²) in [7, 11) is -0.240. The van der Waals surface area contributed by atoms with Gasteiger partial charge < -0.3 is 15.6 Å². The molecule has 7 heteroatoms. The Morgan fingerprint density at radius 2 is 2.05 bits per heavy atom. The zero-order chi connectivity index (χ0) is 16.1. The molecule has 0 saturated heterocycles. The van der Waals surface area contributed by atoms with Gasteiger partial charge in [-0.3, -0.25) is 9.59 Å². The topological polar surface area (TPSA) is 86.9 Å². The summed E-state index contributed by atoms with van der Waals surface area (Å²) in [6.45, 7) is 6.28. The third-order valence-electron chi connectivity index (χ3n) is 3.19. The standard InChI is InChI=1S/C15H21N4O2P/c1-10(20)17-9-14(21)16-7-6-11-4-5-12-13(8-11)19-15(18-12)22(2)3/h4-5,8H,6-7,9H2,1-3H3,(H,16,21)(H,17,20)(H,18,19). The van der Waals surface area contributed by atoms with Gasteiger partial charge in [0.1, 0.15) is 5.57 Å². The number of carbonyl (C=O) groups excluding carboxylic acids is 2. The highest BCUT2D eigenvalue weighted by Crippen LogP contribution is 2.23. The molecule has 2 amide bonds. The van der Waals surface area contributed by atoms with Crippen LogP contribution in [0.1, 0.15) is 12.5 Å². The first-order chi connectivity index (χ1) is 10.5. The Hall–Kier alpha value is -1.94. The quantitative estimate of drug-likeness (QED) is 0.686. The number of carbonyl (C=O) groups is 2. The average molecular weight is 320 g/mol. The highest BCUT2D eigenvalue weighted by Gasteiger charge is 2.07. The Morgan fingerprint density at radius 3 is 2.73 bits per heavy atom. The molecule has 3 N–H and O–H groups in total. The molecular weight excluding hydrogens is 299 g/mol. The van der Waals surface area contributed by atoms with Crippen LogP contribution in [0.4, 0.5) is 0 Å². The number of aromatic nitrogens is 2. The fourth-order valence-electron chi connectivity index (χ4n) is 2.02. The zero-order valence-electron chi connectivity index (χ0n) is 13.1. The van der Waals surface area contributed by atoms with Crippen molar-refractivity contribution >= 4 is 36.3 Å². The van der Waals surface area contributed by atoms with Crippen LogP contribution in [-0.2, 0) is 16.0 Å². The second kappa shape index (κ2) is 7.36. The molecule has 0 saturated carbocycles. The Bertz CT molecular complexity index is 681. The molecule has 0 atom stereocenters. The van der Waals surface area contributed by atoms with E-state index in [1.165, 1.54) is 6.92 Å². The normalized spacial score (nSPS) is 10.9. The first-order valence-corrected chi connectivity index (χ1v) is 9.36. The van der Waals surface area contributed by atoms with E-state index >= 15 is 0 Å². The molecule has 0 bridgehead atoms. The number of fused-ring (bicyclic) bond motifs is 1. The number of nitrogens with zero attached hydrogens (tertiary/aromatic N) is 1. The van der Waals surface area contributed by atoms with Crippen LogP contribution in [0.2, 0.25) is 0 Å². The minimum atomic E-state index is -0.240. The predicted molar refractivity (Wildman–Crippen MR) is 89.9 cm³/mol. The minimum absolute atomic E-state index is 0.0226. The van der Waals surface area contributed by atoms with Gasteiger partial charge in [0.25, 0.3) is 0 Å². The Balaban J connectivity index is 1.89. The van der Waals surface area contributed by atoms with E-state index in [0.717, 1.165) is 28.6 Å². The van der Waals surface area contributed by atoms with Gasteiger partial charge in [0.2, 0.25) is 11.8 Å². The lowest BCUT2D eigenvalue weighted by atomic mass is 10.1. The van der Waals surface area contributed by atoms with Crippen molar-refractivity contribution in [2.75, 3.05) is 26.4 Å². The summed E-state index contributed by atoms with van der Waals surface area (Å²) in [4.78, 5) is 30.1. The molecule has 6 nitrogen and oxygen atoms in total. The van der Waals surface area contributed by atoms with E-state index in [1.54, 1.807) is 0 Å². The number of amides is 2. The maximum atomic E-state index is 11.5. The van der Waals surface area contributed by atoms with Gasteiger partial charge in [0.05, 0.1) is 17.6 Å². The second-order valence-electron chi connectivity index (χ2n) is 5.32. The Morgan fingerprint density at radius 1 is 1.27 bits per heavy atom. The van der Waals surface area contributed by atoms with E-state index in [9.17, 15) is 9.59 Å². The molecule has 0 aliphatic rings. The smallest absolute Gasteiger partial charge is 0.239 e. The predicted octanol–water partition coefficient (Wildman–Crippen LogP) is 0.725. The van der Waals surface area contributed by atoms with Gasteiger partial charge in [-0.05, 0) is 45.4 Å². The molecule has 1 heterocycles. The summed E-state index contributed by atoms with van der Waals surface area (Å²) in [5.41, 5.74) is 4.20. The number of benzene rings is 1. The van der Waals surface area contributed by atoms with Crippen molar-refractivity contribution in [2.45, 2.75) is 13.3 Å². The van der Waals surface area contributed by atoms with Crippen LogP contribution >= 0.6 is 7.92 Å². The van der Waals surface area contributed by atoms with E-state index in [0.29, 0.717) is 6.54 Å². The van der Waals surface area contributed by atoms with Crippen LogP contribution in [0, 0.1) is 0 Å². The van der Waals surface area contributed by atoms with Crippen molar-refractivity contribution in [2.24, 2.45) is 0 Å². The largest absolute Gasteiger partial charge is 0.354 e. The zero-order valence-corrected chi connectivity index (χ0v) is 14.0. The second-order valence-corrected chi connectivity index (χ2v) is 7.53. The fourth-order valence-corrected chi connectivity index (χ4v) is 2.68. The molecule has 0 aliphatic heterocycles. The highest BCUT2D eigenvalue weighted by atomic mass is 31.1. The van der Waals surface area contributed by atoms with Crippen molar-refractivity contribution in [1.82, 2.24) is 20.6 Å². The molecule has 118 valence electrons. The third-order valence-corrected chi connectivity index (χ3v) is 4.25. The highest BCUT2D eigenvalue weighted by molar-refractivity contribution is 7.63. The molecule has 0 aliphatic carbocycles. The lowest BCUT2D eigenvalue weighted by Crippen LogP contribution is -2.36. The molecular formula is C15H21N4O2P. The first-order valence-electron chi connectivity index (χ1n) is 7.13. The van der Waals surface area contributed by atoms with E-state index in [2.05, 4.69) is 40.0 Å². The summed E-state index contributed by atoms with van der Waals surface area (Å²) in [6, 6.07) is 6.10. The van der Waals surface area contributed by atoms with E-state index in [1.807, 2.05) is 12.1 Å². The number of aromatic amines is 1. The van der Waals surface area contributed by atoms with Crippen molar-refractivity contribution in [3.8, 4) is 0 Å². The molecule has 2 aromatic rings. The van der Waals surface area contributed by atoms with Crippen molar-refractivity contribution in [1.29, 1.82) is 0 Å². The van der Waals surface area contributed by atoms with Gasteiger partial charge in [-0.25, -0.2) is 4.98 Å². The lowest BCUT2D eigenvalue weighted by Gasteiger charge is -2.05. The Kier molecular flexibility index (Phi) is 5.50. The molecule has 22 heavy (non-hydrogen) atoms. The molecule has 1 aromatic carbocycles. The van der Waals surface area contributed by atoms with Gasteiger partial charge >= 0.3 is 0 Å². The van der Waals surface area contributed by atoms with E-state index in [4.69, 9.17) is 0 Å². The number of imidazole rings is 1. The van der Waals surface area contributed by atoms with Gasteiger partial charge in [-0.15, -0.1) is 0 Å². The number of hydrogen-bond donors (Lipinski definition) is 3. The number of H-pyrrole nitrogens is 1. The maximum Gasteiger partial charge on any atom is 0.239 e. The van der Waals surface area contributed by atoms with Crippen molar-refractivity contribution < 1.29 is 9.59 Å². The summed E-state index contributed by atoms with van der Waals surface area (Å²) in [5, 5.41) is 5.25. The van der Waals surface area contributed by atoms with Crippen molar-refractivity contribution in [3.63, 3.8) is 0 Å². The summed E-state index contributed by atoms with van der Waals surface area (Å²) in [6.07, 6.45) is 0.739. The average Bonchev–Trinajstić information content (AvgIpc) is 2.88. The summed E-state index contributed by atoms with van der Waals surface area (Å²) < 4.78 is 0. The van der Waals surface area contributed by atoms with Gasteiger partial charge in [0, 0.05) is 13.5 Å². The van der Waals surface area contributed by atoms with Crippen LogP contribution in [0.3, 0.4) is 0 Å². The number of nitrogens with one attached hydrogen (secondary N) is 3. The van der Waals surface area contributed by atoms with Gasteiger partial charge in [0.15, 0.2) is 0 Å². The van der Waals surface area contributed by atoms with Gasteiger partial charge in [-0.1, -0.05) is 6.07 Å². The van der Waals surface area contributed by atoms with Gasteiger partial charge in [-0.2, -0.15) is 0 Å². The monoisotopic (exact) mass is 320 g/mol. The molecule has 0 fully saturated rings. The third kappa shape index (κ3) is 4.53. The molecule has 0 radical (unpaired) electrons. The van der Waals surface area contributed by atoms with Crippen LogP contribution in [0.5, 0.6) is 0 Å². The number of rotatable bonds is 6. The fraction of sp³-hybridized carbons (Fsp3) is 0.400. The van der Waals surface area contributed by atoms with E-state index in [-0.39, 0.29) is 26.3 Å². The number of hydrogen-bond acceptors (Lipinski definition) is 3.